The van der Waals surface area contributed by atoms with Crippen LogP contribution in [0.5, 0.6) is 0 Å². The summed E-state index contributed by atoms with van der Waals surface area (Å²) >= 11 is 0. The Kier molecular flexibility index (Phi) is 8.08. The SMILES string of the molecule is N=C(N)N1CCC[C@H](NC(=O)CNC(=O)c2cccc(NS(=O)(=O)Cc3ccccc3)c2)C1O. The largest absolute Gasteiger partial charge is 0.371 e. The van der Waals surface area contributed by atoms with Crippen molar-refractivity contribution in [2.24, 2.45) is 5.73 Å². The van der Waals surface area contributed by atoms with Crippen molar-refractivity contribution in [2.45, 2.75) is 30.9 Å². The zero-order chi connectivity index (χ0) is 24.7. The molecule has 2 aromatic carbocycles. The second kappa shape index (κ2) is 11.0. The van der Waals surface area contributed by atoms with Crippen LogP contribution in [0.2, 0.25) is 0 Å². The number of aliphatic hydroxyl groups is 1. The van der Waals surface area contributed by atoms with E-state index in [1.54, 1.807) is 30.3 Å². The van der Waals surface area contributed by atoms with Gasteiger partial charge in [-0.1, -0.05) is 36.4 Å². The van der Waals surface area contributed by atoms with Crippen LogP contribution in [0.15, 0.2) is 54.6 Å². The van der Waals surface area contributed by atoms with Gasteiger partial charge in [-0.2, -0.15) is 0 Å². The van der Waals surface area contributed by atoms with Gasteiger partial charge in [0, 0.05) is 17.8 Å². The van der Waals surface area contributed by atoms with Crippen molar-refractivity contribution >= 4 is 33.5 Å². The molecule has 1 fully saturated rings. The van der Waals surface area contributed by atoms with E-state index in [0.717, 1.165) is 0 Å². The van der Waals surface area contributed by atoms with Crippen LogP contribution < -0.4 is 21.1 Å². The Morgan fingerprint density at radius 1 is 1.15 bits per heavy atom. The van der Waals surface area contributed by atoms with Crippen LogP contribution in [-0.4, -0.2) is 61.6 Å². The number of aliphatic hydroxyl groups excluding tert-OH is 1. The standard InChI is InChI=1S/C22H28N6O5S/c23-22(24)28-11-5-10-18(21(28)31)26-19(29)13-25-20(30)16-8-4-9-17(12-16)27-34(32,33)14-15-6-2-1-3-7-15/h1-4,6-9,12,18,21,27,31H,5,10-11,13-14H2,(H3,23,24)(H,25,30)(H,26,29)/t18-,21?/m0/s1. The van der Waals surface area contributed by atoms with E-state index in [9.17, 15) is 23.1 Å². The Balaban J connectivity index is 1.54. The molecule has 1 unspecified atom stereocenters. The van der Waals surface area contributed by atoms with Gasteiger partial charge < -0.3 is 26.4 Å². The average molecular weight is 489 g/mol. The van der Waals surface area contributed by atoms with E-state index in [0.29, 0.717) is 24.9 Å². The summed E-state index contributed by atoms with van der Waals surface area (Å²) in [6.45, 7) is 0.0805. The minimum atomic E-state index is -3.69. The van der Waals surface area contributed by atoms with Crippen molar-refractivity contribution in [2.75, 3.05) is 17.8 Å². The van der Waals surface area contributed by atoms with Crippen LogP contribution in [0.4, 0.5) is 5.69 Å². The number of nitrogens with one attached hydrogen (secondary N) is 4. The minimum Gasteiger partial charge on any atom is -0.371 e. The number of carbonyl (C=O) groups excluding carboxylic acids is 2. The predicted octanol–water partition coefficient (Wildman–Crippen LogP) is 0.151. The lowest BCUT2D eigenvalue weighted by atomic mass is 10.0. The number of piperidine rings is 1. The highest BCUT2D eigenvalue weighted by Crippen LogP contribution is 2.16. The third-order valence-electron chi connectivity index (χ3n) is 5.26. The molecule has 1 heterocycles. The fourth-order valence-corrected chi connectivity index (χ4v) is 4.83. The fraction of sp³-hybridized carbons (Fsp3) is 0.318. The Morgan fingerprint density at radius 3 is 2.59 bits per heavy atom. The highest BCUT2D eigenvalue weighted by Gasteiger charge is 2.31. The number of nitrogens with zero attached hydrogens (tertiary/aromatic N) is 1. The minimum absolute atomic E-state index is 0.174. The van der Waals surface area contributed by atoms with Gasteiger partial charge in [-0.25, -0.2) is 8.42 Å². The molecule has 0 bridgehead atoms. The van der Waals surface area contributed by atoms with Gasteiger partial charge >= 0.3 is 0 Å². The van der Waals surface area contributed by atoms with E-state index in [2.05, 4.69) is 15.4 Å². The number of likely N-dealkylation sites (tertiary alicyclic amines) is 1. The Hall–Kier alpha value is -3.64. The van der Waals surface area contributed by atoms with Gasteiger partial charge in [0.05, 0.1) is 18.3 Å². The summed E-state index contributed by atoms with van der Waals surface area (Å²) < 4.78 is 27.3. The smallest absolute Gasteiger partial charge is 0.251 e. The number of amides is 2. The lowest BCUT2D eigenvalue weighted by molar-refractivity contribution is -0.123. The molecule has 1 saturated heterocycles. The summed E-state index contributed by atoms with van der Waals surface area (Å²) in [6.07, 6.45) is 0.0305. The molecule has 34 heavy (non-hydrogen) atoms. The third kappa shape index (κ3) is 6.93. The summed E-state index contributed by atoms with van der Waals surface area (Å²) in [7, 11) is -3.69. The van der Waals surface area contributed by atoms with Crippen LogP contribution in [0.1, 0.15) is 28.8 Å². The number of anilines is 1. The van der Waals surface area contributed by atoms with Crippen molar-refractivity contribution in [3.8, 4) is 0 Å². The summed E-state index contributed by atoms with van der Waals surface area (Å²) in [4.78, 5) is 26.0. The number of nitrogens with two attached hydrogens (primary N) is 1. The highest BCUT2D eigenvalue weighted by atomic mass is 32.2. The van der Waals surface area contributed by atoms with Crippen LogP contribution in [0.3, 0.4) is 0 Å². The van der Waals surface area contributed by atoms with E-state index in [-0.39, 0.29) is 29.5 Å². The van der Waals surface area contributed by atoms with Gasteiger partial charge in [-0.15, -0.1) is 0 Å². The number of sulfonamides is 1. The van der Waals surface area contributed by atoms with Gasteiger partial charge in [0.2, 0.25) is 15.9 Å². The summed E-state index contributed by atoms with van der Waals surface area (Å²) in [6, 6.07) is 14.0. The first kappa shape index (κ1) is 25.0. The van der Waals surface area contributed by atoms with Crippen LogP contribution in [0.25, 0.3) is 0 Å². The number of hydrogen-bond acceptors (Lipinski definition) is 6. The predicted molar refractivity (Wildman–Crippen MR) is 127 cm³/mol. The second-order valence-corrected chi connectivity index (χ2v) is 9.64. The second-order valence-electron chi connectivity index (χ2n) is 7.92. The van der Waals surface area contributed by atoms with Gasteiger partial charge in [0.15, 0.2) is 5.96 Å². The van der Waals surface area contributed by atoms with Crippen LogP contribution >= 0.6 is 0 Å². The molecule has 1 aliphatic rings. The quantitative estimate of drug-likeness (QED) is 0.226. The topological polar surface area (TPSA) is 178 Å². The van der Waals surface area contributed by atoms with E-state index >= 15 is 0 Å². The van der Waals surface area contributed by atoms with Crippen molar-refractivity contribution in [1.82, 2.24) is 15.5 Å². The monoisotopic (exact) mass is 488 g/mol. The van der Waals surface area contributed by atoms with Gasteiger partial charge in [0.25, 0.3) is 5.91 Å². The molecular weight excluding hydrogens is 460 g/mol. The van der Waals surface area contributed by atoms with Crippen molar-refractivity contribution in [3.63, 3.8) is 0 Å². The van der Waals surface area contributed by atoms with Crippen LogP contribution in [-0.2, 0) is 20.6 Å². The zero-order valence-electron chi connectivity index (χ0n) is 18.4. The lowest BCUT2D eigenvalue weighted by Gasteiger charge is -2.38. The van der Waals surface area contributed by atoms with E-state index < -0.39 is 34.1 Å². The number of rotatable bonds is 8. The maximum absolute atomic E-state index is 12.5. The molecule has 0 saturated carbocycles. The van der Waals surface area contributed by atoms with Crippen LogP contribution in [0, 0.1) is 5.41 Å². The van der Waals surface area contributed by atoms with Crippen molar-refractivity contribution < 1.29 is 23.1 Å². The van der Waals surface area contributed by atoms with Gasteiger partial charge in [-0.3, -0.25) is 19.7 Å². The van der Waals surface area contributed by atoms with Gasteiger partial charge in [0.1, 0.15) is 6.23 Å². The molecule has 12 heteroatoms. The molecule has 2 amide bonds. The normalized spacial score (nSPS) is 18.1. The average Bonchev–Trinajstić information content (AvgIpc) is 2.79. The molecule has 0 aliphatic carbocycles. The molecule has 7 N–H and O–H groups in total. The Labute approximate surface area is 197 Å². The molecule has 0 spiro atoms. The Bertz CT molecular complexity index is 1140. The molecule has 2 atom stereocenters. The zero-order valence-corrected chi connectivity index (χ0v) is 19.2. The maximum atomic E-state index is 12.5. The number of benzene rings is 2. The number of carbonyl (C=O) groups is 2. The molecule has 0 aromatic heterocycles. The van der Waals surface area contributed by atoms with Crippen molar-refractivity contribution in [1.29, 1.82) is 5.41 Å². The third-order valence-corrected chi connectivity index (χ3v) is 6.52. The van der Waals surface area contributed by atoms with Crippen molar-refractivity contribution in [3.05, 3.63) is 65.7 Å². The fourth-order valence-electron chi connectivity index (χ4n) is 3.64. The molecule has 1 aliphatic heterocycles. The molecule has 3 rings (SSSR count). The molecule has 0 radical (unpaired) electrons. The molecular formula is C22H28N6O5S. The molecule has 2 aromatic rings. The first-order valence-electron chi connectivity index (χ1n) is 10.7. The van der Waals surface area contributed by atoms with Gasteiger partial charge in [-0.05, 0) is 36.6 Å². The highest BCUT2D eigenvalue weighted by molar-refractivity contribution is 7.91. The lowest BCUT2D eigenvalue weighted by Crippen LogP contribution is -2.59. The summed E-state index contributed by atoms with van der Waals surface area (Å²) in [5, 5.41) is 22.9. The summed E-state index contributed by atoms with van der Waals surface area (Å²) in [5.74, 6) is -1.56. The first-order chi connectivity index (χ1) is 16.1. The number of hydrogen-bond donors (Lipinski definition) is 6. The molecule has 11 nitrogen and oxygen atoms in total. The number of guanidine groups is 1. The van der Waals surface area contributed by atoms with E-state index in [4.69, 9.17) is 11.1 Å². The maximum Gasteiger partial charge on any atom is 0.251 e. The summed E-state index contributed by atoms with van der Waals surface area (Å²) in [5.41, 5.74) is 6.47. The van der Waals surface area contributed by atoms with E-state index in [1.807, 2.05) is 0 Å². The van der Waals surface area contributed by atoms with E-state index in [1.165, 1.54) is 29.2 Å². The molecule has 182 valence electrons. The Morgan fingerprint density at radius 2 is 1.88 bits per heavy atom. The first-order valence-corrected chi connectivity index (χ1v) is 12.3.